The number of carbonyl (C=O) groups is 2. The summed E-state index contributed by atoms with van der Waals surface area (Å²) in [4.78, 5) is 31.6. The fraction of sp³-hybridized carbons (Fsp3) is 0.562. The van der Waals surface area contributed by atoms with Crippen LogP contribution in [0.5, 0.6) is 0 Å². The summed E-state index contributed by atoms with van der Waals surface area (Å²) in [6.45, 7) is 5.20. The lowest BCUT2D eigenvalue weighted by Gasteiger charge is -2.43. The number of alkyl halides is 9. The Morgan fingerprint density at radius 3 is 2.06 bits per heavy atom. The summed E-state index contributed by atoms with van der Waals surface area (Å²) in [5.41, 5.74) is -3.34. The second-order valence-corrected chi connectivity index (χ2v) is 12.2. The molecule has 0 aliphatic carbocycles. The van der Waals surface area contributed by atoms with Gasteiger partial charge in [-0.1, -0.05) is 12.1 Å². The predicted octanol–water partition coefficient (Wildman–Crippen LogP) is 5.27. The van der Waals surface area contributed by atoms with Gasteiger partial charge in [0.2, 0.25) is 0 Å². The molecule has 2 aliphatic rings. The van der Waals surface area contributed by atoms with Crippen molar-refractivity contribution in [3.63, 3.8) is 0 Å². The number of ether oxygens (including phenoxy) is 2. The van der Waals surface area contributed by atoms with Crippen molar-refractivity contribution in [3.8, 4) is 0 Å². The Morgan fingerprint density at radius 2 is 1.49 bits per heavy atom. The Labute approximate surface area is 277 Å². The molecule has 2 heterocycles. The van der Waals surface area contributed by atoms with Crippen molar-refractivity contribution in [2.45, 2.75) is 44.0 Å². The van der Waals surface area contributed by atoms with E-state index in [1.165, 1.54) is 24.0 Å². The highest BCUT2D eigenvalue weighted by molar-refractivity contribution is 5.97. The van der Waals surface area contributed by atoms with Crippen LogP contribution in [0.3, 0.4) is 0 Å². The van der Waals surface area contributed by atoms with E-state index < -0.39 is 53.1 Å². The Balaban J connectivity index is 1.63. The maximum Gasteiger partial charge on any atom is 0.471 e. The highest BCUT2D eigenvalue weighted by Crippen LogP contribution is 2.37. The Hall–Kier alpha value is -3.41. The molecule has 17 heteroatoms. The molecule has 0 N–H and O–H groups in total. The van der Waals surface area contributed by atoms with Crippen molar-refractivity contribution in [3.05, 3.63) is 64.2 Å². The largest absolute Gasteiger partial charge is 0.471 e. The van der Waals surface area contributed by atoms with Gasteiger partial charge in [-0.15, -0.1) is 0 Å². The summed E-state index contributed by atoms with van der Waals surface area (Å²) in [6.07, 6.45) is -15.6. The molecule has 4 rings (SSSR count). The van der Waals surface area contributed by atoms with Gasteiger partial charge >= 0.3 is 24.4 Å². The summed E-state index contributed by atoms with van der Waals surface area (Å²) in [7, 11) is 2.53. The van der Waals surface area contributed by atoms with E-state index in [9.17, 15) is 49.1 Å². The van der Waals surface area contributed by atoms with Gasteiger partial charge in [-0.05, 0) is 48.7 Å². The molecule has 2 aliphatic heterocycles. The van der Waals surface area contributed by atoms with Crippen LogP contribution in [0.4, 0.5) is 45.2 Å². The first-order valence-corrected chi connectivity index (χ1v) is 15.4. The number of rotatable bonds is 9. The highest BCUT2D eigenvalue weighted by atomic mass is 19.4. The van der Waals surface area contributed by atoms with Crippen LogP contribution in [-0.2, 0) is 33.0 Å². The summed E-state index contributed by atoms with van der Waals surface area (Å²) in [5.74, 6) is -3.15. The minimum Gasteiger partial charge on any atom is -0.382 e. The van der Waals surface area contributed by atoms with E-state index in [0.29, 0.717) is 67.6 Å². The van der Waals surface area contributed by atoms with Gasteiger partial charge in [0.25, 0.3) is 5.91 Å². The zero-order valence-corrected chi connectivity index (χ0v) is 27.0. The molecule has 8 nitrogen and oxygen atoms in total. The Morgan fingerprint density at radius 1 is 0.878 bits per heavy atom. The monoisotopic (exact) mass is 712 g/mol. The molecular formula is C32H37F9N4O4. The third-order valence-corrected chi connectivity index (χ3v) is 8.62. The molecule has 0 aromatic heterocycles. The van der Waals surface area contributed by atoms with Crippen LogP contribution in [0.15, 0.2) is 36.4 Å². The molecular weight excluding hydrogens is 675 g/mol. The fourth-order valence-electron chi connectivity index (χ4n) is 6.08. The van der Waals surface area contributed by atoms with Gasteiger partial charge in [0.05, 0.1) is 30.4 Å². The second kappa shape index (κ2) is 15.2. The number of aryl methyl sites for hydroxylation is 1. The van der Waals surface area contributed by atoms with Crippen LogP contribution in [0, 0.1) is 6.92 Å². The zero-order chi connectivity index (χ0) is 36.3. The molecule has 2 aromatic carbocycles. The van der Waals surface area contributed by atoms with Gasteiger partial charge in [0.1, 0.15) is 0 Å². The van der Waals surface area contributed by atoms with Gasteiger partial charge in [0, 0.05) is 77.3 Å². The first-order valence-electron chi connectivity index (χ1n) is 15.4. The number of morpholine rings is 1. The standard InChI is InChI=1S/C32H37F9N4O4/c1-20-4-5-21(13-27(20)42(2)29(47)32(39,40)41)12-25-17-43(6-7-44-10-11-49-26(18-44)19-48-3)8-9-45(25)28(46)22-14-23(30(33,34)35)16-24(15-22)31(36,37)38/h4-5,13-16,25-26H,6-12,17-19H2,1-3H3/t25-,26+/m1/s1. The highest BCUT2D eigenvalue weighted by Gasteiger charge is 2.42. The van der Waals surface area contributed by atoms with Gasteiger partial charge in [0.15, 0.2) is 0 Å². The number of anilines is 1. The summed E-state index contributed by atoms with van der Waals surface area (Å²) >= 11 is 0. The van der Waals surface area contributed by atoms with Crippen LogP contribution in [-0.4, -0.2) is 118 Å². The van der Waals surface area contributed by atoms with Crippen molar-refractivity contribution >= 4 is 17.5 Å². The smallest absolute Gasteiger partial charge is 0.382 e. The number of hydrogen-bond acceptors (Lipinski definition) is 6. The van der Waals surface area contributed by atoms with Crippen molar-refractivity contribution in [1.82, 2.24) is 14.7 Å². The number of hydrogen-bond donors (Lipinski definition) is 0. The summed E-state index contributed by atoms with van der Waals surface area (Å²) in [5, 5.41) is 0. The zero-order valence-electron chi connectivity index (χ0n) is 27.0. The molecule has 2 amide bonds. The second-order valence-electron chi connectivity index (χ2n) is 12.2. The van der Waals surface area contributed by atoms with Crippen LogP contribution in [0.25, 0.3) is 0 Å². The van der Waals surface area contributed by atoms with E-state index in [2.05, 4.69) is 4.90 Å². The van der Waals surface area contributed by atoms with E-state index in [0.717, 1.165) is 7.05 Å². The molecule has 2 aromatic rings. The van der Waals surface area contributed by atoms with Crippen molar-refractivity contribution in [1.29, 1.82) is 0 Å². The molecule has 2 atom stereocenters. The average Bonchev–Trinajstić information content (AvgIpc) is 3.02. The molecule has 0 unspecified atom stereocenters. The lowest BCUT2D eigenvalue weighted by molar-refractivity contribution is -0.170. The molecule has 2 saturated heterocycles. The van der Waals surface area contributed by atoms with Crippen LogP contribution >= 0.6 is 0 Å². The topological polar surface area (TPSA) is 65.6 Å². The molecule has 272 valence electrons. The maximum atomic E-state index is 13.8. The molecule has 0 radical (unpaired) electrons. The number of nitrogens with zero attached hydrogens (tertiary/aromatic N) is 4. The first-order chi connectivity index (χ1) is 22.8. The normalized spacial score (nSPS) is 20.0. The van der Waals surface area contributed by atoms with E-state index in [-0.39, 0.29) is 43.9 Å². The minimum atomic E-state index is -5.16. The Kier molecular flexibility index (Phi) is 11.9. The number of halogens is 9. The van der Waals surface area contributed by atoms with Crippen molar-refractivity contribution < 1.29 is 58.6 Å². The van der Waals surface area contributed by atoms with Crippen molar-refractivity contribution in [2.24, 2.45) is 0 Å². The van der Waals surface area contributed by atoms with E-state index in [1.54, 1.807) is 13.2 Å². The van der Waals surface area contributed by atoms with Gasteiger partial charge < -0.3 is 19.3 Å². The third kappa shape index (κ3) is 9.86. The molecule has 49 heavy (non-hydrogen) atoms. The third-order valence-electron chi connectivity index (χ3n) is 8.62. The minimum absolute atomic E-state index is 0.0118. The van der Waals surface area contributed by atoms with Crippen LogP contribution in [0.2, 0.25) is 0 Å². The molecule has 2 fully saturated rings. The van der Waals surface area contributed by atoms with Gasteiger partial charge in [-0.25, -0.2) is 0 Å². The Bertz CT molecular complexity index is 1450. The number of methoxy groups -OCH3 is 1. The SMILES string of the molecule is COC[C@@H]1CN(CCN2CCN(C(=O)c3cc(C(F)(F)F)cc(C(F)(F)F)c3)[C@H](Cc3ccc(C)c(N(C)C(=O)C(F)(F)F)c3)C2)CCO1. The van der Waals surface area contributed by atoms with E-state index >= 15 is 0 Å². The predicted molar refractivity (Wildman–Crippen MR) is 160 cm³/mol. The number of benzene rings is 2. The number of amides is 2. The van der Waals surface area contributed by atoms with Gasteiger partial charge in [-0.2, -0.15) is 39.5 Å². The lowest BCUT2D eigenvalue weighted by Crippen LogP contribution is -2.57. The fourth-order valence-corrected chi connectivity index (χ4v) is 6.08. The van der Waals surface area contributed by atoms with E-state index in [4.69, 9.17) is 9.47 Å². The molecule has 0 saturated carbocycles. The maximum absolute atomic E-state index is 13.8. The van der Waals surface area contributed by atoms with Crippen LogP contribution < -0.4 is 4.90 Å². The van der Waals surface area contributed by atoms with E-state index in [1.807, 2.05) is 4.90 Å². The van der Waals surface area contributed by atoms with Gasteiger partial charge in [-0.3, -0.25) is 19.4 Å². The number of carbonyl (C=O) groups excluding carboxylic acids is 2. The lowest BCUT2D eigenvalue weighted by atomic mass is 9.97. The number of piperazine rings is 1. The quantitative estimate of drug-likeness (QED) is 0.331. The van der Waals surface area contributed by atoms with Crippen LogP contribution in [0.1, 0.15) is 32.6 Å². The first kappa shape index (κ1) is 38.4. The molecule has 0 spiro atoms. The summed E-state index contributed by atoms with van der Waals surface area (Å²) < 4.78 is 132. The van der Waals surface area contributed by atoms with Crippen molar-refractivity contribution in [2.75, 3.05) is 78.1 Å². The summed E-state index contributed by atoms with van der Waals surface area (Å²) in [6, 6.07) is 4.36. The molecule has 0 bridgehead atoms. The average molecular weight is 713 g/mol.